The monoisotopic (exact) mass is 370 g/mol. The number of hydrogen-bond donors (Lipinski definition) is 0. The van der Waals surface area contributed by atoms with Crippen molar-refractivity contribution in [3.8, 4) is 11.5 Å². The number of hydrogen-bond acceptors (Lipinski definition) is 6. The maximum absolute atomic E-state index is 5.84. The molecule has 1 unspecified atom stereocenters. The highest BCUT2D eigenvalue weighted by Crippen LogP contribution is 2.35. The highest BCUT2D eigenvalue weighted by atomic mass is 16.5. The van der Waals surface area contributed by atoms with Gasteiger partial charge in [0.05, 0.1) is 26.5 Å². The van der Waals surface area contributed by atoms with Gasteiger partial charge in [-0.2, -0.15) is 0 Å². The van der Waals surface area contributed by atoms with Crippen LogP contribution in [0.5, 0.6) is 11.5 Å². The second-order valence-electron chi connectivity index (χ2n) is 6.30. The minimum atomic E-state index is -0.197. The molecule has 3 rings (SSSR count). The number of aromatic nitrogens is 1. The molecule has 1 aromatic carbocycles. The Morgan fingerprint density at radius 3 is 2.70 bits per heavy atom. The van der Waals surface area contributed by atoms with Gasteiger partial charge in [0.1, 0.15) is 6.26 Å². The van der Waals surface area contributed by atoms with Crippen LogP contribution in [-0.4, -0.2) is 44.4 Å². The molecular formula is C21H26N2O4. The summed E-state index contributed by atoms with van der Waals surface area (Å²) in [6.45, 7) is 1.20. The molecule has 0 N–H and O–H groups in total. The number of benzene rings is 1. The summed E-state index contributed by atoms with van der Waals surface area (Å²) >= 11 is 0. The van der Waals surface area contributed by atoms with Gasteiger partial charge in [-0.05, 0) is 43.2 Å². The fourth-order valence-electron chi connectivity index (χ4n) is 2.99. The van der Waals surface area contributed by atoms with Crippen molar-refractivity contribution in [1.29, 1.82) is 0 Å². The molecule has 6 heteroatoms. The Morgan fingerprint density at radius 2 is 1.96 bits per heavy atom. The van der Waals surface area contributed by atoms with Gasteiger partial charge in [0, 0.05) is 31.1 Å². The van der Waals surface area contributed by atoms with E-state index in [1.54, 1.807) is 20.5 Å². The molecule has 1 aromatic heterocycles. The number of nitrogens with zero attached hydrogens (tertiary/aromatic N) is 2. The lowest BCUT2D eigenvalue weighted by Gasteiger charge is -2.24. The average Bonchev–Trinajstić information content (AvgIpc) is 3.08. The van der Waals surface area contributed by atoms with Crippen molar-refractivity contribution in [2.75, 3.05) is 34.5 Å². The van der Waals surface area contributed by atoms with Crippen molar-refractivity contribution in [2.45, 2.75) is 19.1 Å². The Hall–Kier alpha value is -2.73. The Bertz CT molecular complexity index is 764. The van der Waals surface area contributed by atoms with Crippen molar-refractivity contribution in [3.05, 3.63) is 65.8 Å². The minimum Gasteiger partial charge on any atom is -0.493 e. The van der Waals surface area contributed by atoms with Crippen molar-refractivity contribution in [2.24, 2.45) is 0 Å². The molecule has 1 aliphatic rings. The first-order valence-electron chi connectivity index (χ1n) is 9.00. The van der Waals surface area contributed by atoms with Crippen LogP contribution in [0.15, 0.2) is 54.6 Å². The molecule has 0 bridgehead atoms. The van der Waals surface area contributed by atoms with Crippen LogP contribution in [0, 0.1) is 0 Å². The van der Waals surface area contributed by atoms with E-state index < -0.39 is 0 Å². The fourth-order valence-corrected chi connectivity index (χ4v) is 2.99. The Balaban J connectivity index is 1.47. The summed E-state index contributed by atoms with van der Waals surface area (Å²) in [5.74, 6) is 1.39. The Morgan fingerprint density at radius 1 is 1.11 bits per heavy atom. The Labute approximate surface area is 160 Å². The number of likely N-dealkylation sites (N-methyl/N-ethyl adjacent to an activating group) is 1. The summed E-state index contributed by atoms with van der Waals surface area (Å²) in [6.07, 6.45) is 5.24. The molecule has 0 amide bonds. The van der Waals surface area contributed by atoms with Crippen LogP contribution in [0.25, 0.3) is 0 Å². The first-order valence-corrected chi connectivity index (χ1v) is 9.00. The lowest BCUT2D eigenvalue weighted by atomic mass is 10.1. The third kappa shape index (κ3) is 4.71. The van der Waals surface area contributed by atoms with Crippen LogP contribution in [0.2, 0.25) is 0 Å². The van der Waals surface area contributed by atoms with E-state index in [4.69, 9.17) is 18.9 Å². The summed E-state index contributed by atoms with van der Waals surface area (Å²) in [7, 11) is 5.25. The van der Waals surface area contributed by atoms with Gasteiger partial charge < -0.3 is 23.8 Å². The van der Waals surface area contributed by atoms with Crippen molar-refractivity contribution in [3.63, 3.8) is 0 Å². The molecule has 0 fully saturated rings. The largest absolute Gasteiger partial charge is 0.493 e. The summed E-state index contributed by atoms with van der Waals surface area (Å²) in [6, 6.07) is 11.8. The zero-order valence-electron chi connectivity index (χ0n) is 16.1. The molecule has 6 nitrogen and oxygen atoms in total. The molecule has 0 aliphatic carbocycles. The van der Waals surface area contributed by atoms with E-state index in [9.17, 15) is 0 Å². The third-order valence-electron chi connectivity index (χ3n) is 4.53. The van der Waals surface area contributed by atoms with Gasteiger partial charge in [0.15, 0.2) is 17.7 Å². The van der Waals surface area contributed by atoms with Crippen LogP contribution in [0.4, 0.5) is 0 Å². The average molecular weight is 370 g/mol. The van der Waals surface area contributed by atoms with Crippen LogP contribution < -0.4 is 9.47 Å². The van der Waals surface area contributed by atoms with Gasteiger partial charge in [-0.1, -0.05) is 6.07 Å². The molecule has 0 spiro atoms. The number of pyridine rings is 1. The fraction of sp³-hybridized carbons (Fsp3) is 0.381. The molecule has 27 heavy (non-hydrogen) atoms. The summed E-state index contributed by atoms with van der Waals surface area (Å²) < 4.78 is 22.3. The first kappa shape index (κ1) is 19.0. The van der Waals surface area contributed by atoms with E-state index in [0.717, 1.165) is 29.8 Å². The lowest BCUT2D eigenvalue weighted by molar-refractivity contribution is 0.0589. The minimum absolute atomic E-state index is 0.197. The van der Waals surface area contributed by atoms with Crippen molar-refractivity contribution < 1.29 is 18.9 Å². The highest BCUT2D eigenvalue weighted by molar-refractivity contribution is 5.43. The van der Waals surface area contributed by atoms with Gasteiger partial charge in [-0.25, -0.2) is 0 Å². The maximum atomic E-state index is 5.84. The number of methoxy groups -OCH3 is 2. The SMILES string of the molecule is COc1ccc(C2OC=C(COCCCc3ccccn3)N2C)cc1OC. The molecular weight excluding hydrogens is 344 g/mol. The molecule has 0 saturated carbocycles. The van der Waals surface area contributed by atoms with Gasteiger partial charge in [-0.15, -0.1) is 0 Å². The standard InChI is InChI=1S/C21H26N2O4/c1-23-18(14-26-12-6-8-17-7-4-5-11-22-17)15-27-21(23)16-9-10-19(24-2)20(13-16)25-3/h4-5,7,9-11,13,15,21H,6,8,12,14H2,1-3H3. The number of rotatable bonds is 9. The topological polar surface area (TPSA) is 53.0 Å². The second-order valence-corrected chi connectivity index (χ2v) is 6.30. The predicted molar refractivity (Wildman–Crippen MR) is 103 cm³/mol. The van der Waals surface area contributed by atoms with Crippen LogP contribution >= 0.6 is 0 Å². The van der Waals surface area contributed by atoms with Crippen molar-refractivity contribution >= 4 is 0 Å². The van der Waals surface area contributed by atoms with E-state index in [1.807, 2.05) is 49.6 Å². The van der Waals surface area contributed by atoms with E-state index in [0.29, 0.717) is 24.7 Å². The smallest absolute Gasteiger partial charge is 0.197 e. The van der Waals surface area contributed by atoms with Gasteiger partial charge >= 0.3 is 0 Å². The molecule has 1 atom stereocenters. The van der Waals surface area contributed by atoms with Crippen LogP contribution in [0.3, 0.4) is 0 Å². The van der Waals surface area contributed by atoms with E-state index >= 15 is 0 Å². The second kappa shape index (κ2) is 9.28. The van der Waals surface area contributed by atoms with E-state index in [-0.39, 0.29) is 6.23 Å². The van der Waals surface area contributed by atoms with Crippen molar-refractivity contribution in [1.82, 2.24) is 9.88 Å². The van der Waals surface area contributed by atoms with Gasteiger partial charge in [0.2, 0.25) is 0 Å². The lowest BCUT2D eigenvalue weighted by Crippen LogP contribution is -2.22. The summed E-state index contributed by atoms with van der Waals surface area (Å²) in [4.78, 5) is 6.39. The normalized spacial score (nSPS) is 16.0. The van der Waals surface area contributed by atoms with E-state index in [2.05, 4.69) is 9.88 Å². The molecule has 0 saturated heterocycles. The van der Waals surface area contributed by atoms with E-state index in [1.165, 1.54) is 0 Å². The quantitative estimate of drug-likeness (QED) is 0.629. The molecule has 2 heterocycles. The predicted octanol–water partition coefficient (Wildman–Crippen LogP) is 3.55. The zero-order valence-corrected chi connectivity index (χ0v) is 16.1. The Kier molecular flexibility index (Phi) is 6.54. The molecule has 144 valence electrons. The molecule has 1 aliphatic heterocycles. The van der Waals surface area contributed by atoms with Gasteiger partial charge in [0.25, 0.3) is 0 Å². The van der Waals surface area contributed by atoms with Gasteiger partial charge in [-0.3, -0.25) is 4.98 Å². The number of aryl methyl sites for hydroxylation is 1. The maximum Gasteiger partial charge on any atom is 0.197 e. The van der Waals surface area contributed by atoms with Crippen LogP contribution in [0.1, 0.15) is 23.9 Å². The molecule has 0 radical (unpaired) electrons. The highest BCUT2D eigenvalue weighted by Gasteiger charge is 2.26. The third-order valence-corrected chi connectivity index (χ3v) is 4.53. The molecule has 2 aromatic rings. The van der Waals surface area contributed by atoms with Crippen LogP contribution in [-0.2, 0) is 15.9 Å². The summed E-state index contributed by atoms with van der Waals surface area (Å²) in [5, 5.41) is 0. The number of ether oxygens (including phenoxy) is 4. The zero-order chi connectivity index (χ0) is 19.1. The first-order chi connectivity index (χ1) is 13.2. The summed E-state index contributed by atoms with van der Waals surface area (Å²) in [5.41, 5.74) is 3.10.